The summed E-state index contributed by atoms with van der Waals surface area (Å²) in [5, 5.41) is 2.55. The van der Waals surface area contributed by atoms with Gasteiger partial charge in [0.05, 0.1) is 17.6 Å². The molecule has 0 unspecified atom stereocenters. The zero-order valence-electron chi connectivity index (χ0n) is 14.2. The van der Waals surface area contributed by atoms with Crippen LogP contribution in [0.25, 0.3) is 0 Å². The fourth-order valence-corrected chi connectivity index (χ4v) is 3.23. The normalized spacial score (nSPS) is 13.2. The second-order valence-corrected chi connectivity index (χ2v) is 6.22. The van der Waals surface area contributed by atoms with Crippen LogP contribution in [0.2, 0.25) is 0 Å². The topological polar surface area (TPSA) is 45.2 Å². The molecule has 1 aromatic heterocycles. The molecule has 3 aromatic rings. The van der Waals surface area contributed by atoms with Crippen LogP contribution in [-0.2, 0) is 6.42 Å². The molecule has 26 heavy (non-hydrogen) atoms. The molecule has 0 atom stereocenters. The summed E-state index contributed by atoms with van der Waals surface area (Å²) in [6, 6.07) is 18.0. The highest BCUT2D eigenvalue weighted by Gasteiger charge is 2.18. The van der Waals surface area contributed by atoms with Crippen LogP contribution in [0.4, 0.5) is 21.5 Å². The first-order chi connectivity index (χ1) is 12.7. The van der Waals surface area contributed by atoms with Crippen LogP contribution >= 0.6 is 0 Å². The van der Waals surface area contributed by atoms with Crippen LogP contribution in [0.15, 0.2) is 66.9 Å². The number of fused-ring (bicyclic) bond motifs is 1. The van der Waals surface area contributed by atoms with Crippen LogP contribution in [0, 0.1) is 5.82 Å². The predicted octanol–water partition coefficient (Wildman–Crippen LogP) is 4.56. The van der Waals surface area contributed by atoms with Crippen molar-refractivity contribution in [2.24, 2.45) is 0 Å². The minimum absolute atomic E-state index is 0.147. The Balaban J connectivity index is 1.54. The van der Waals surface area contributed by atoms with E-state index in [1.165, 1.54) is 23.4 Å². The number of hydrogen-bond donors (Lipinski definition) is 1. The second-order valence-electron chi connectivity index (χ2n) is 6.22. The summed E-state index contributed by atoms with van der Waals surface area (Å²) in [5.74, 6) is -0.900. The lowest BCUT2D eigenvalue weighted by atomic mass is 10.0. The average molecular weight is 347 g/mol. The van der Waals surface area contributed by atoms with E-state index in [1.807, 2.05) is 12.1 Å². The maximum absolute atomic E-state index is 13.7. The number of anilines is 3. The fraction of sp³-hybridized carbons (Fsp3) is 0.143. The van der Waals surface area contributed by atoms with Gasteiger partial charge in [0.1, 0.15) is 11.5 Å². The third-order valence-electron chi connectivity index (χ3n) is 4.52. The molecule has 0 fully saturated rings. The Bertz CT molecular complexity index is 940. The number of para-hydroxylation sites is 2. The van der Waals surface area contributed by atoms with Gasteiger partial charge in [0.25, 0.3) is 5.91 Å². The SMILES string of the molecule is O=C(Nc1ccccc1F)c1ccc(N2CCCc3ccccc32)cn1. The number of aromatic nitrogens is 1. The molecule has 0 radical (unpaired) electrons. The van der Waals surface area contributed by atoms with Gasteiger partial charge in [0.15, 0.2) is 0 Å². The number of nitrogens with zero attached hydrogens (tertiary/aromatic N) is 2. The lowest BCUT2D eigenvalue weighted by molar-refractivity contribution is 0.102. The van der Waals surface area contributed by atoms with Crippen molar-refractivity contribution in [3.63, 3.8) is 0 Å². The zero-order valence-corrected chi connectivity index (χ0v) is 14.2. The van der Waals surface area contributed by atoms with Gasteiger partial charge < -0.3 is 10.2 Å². The molecule has 2 aromatic carbocycles. The first-order valence-electron chi connectivity index (χ1n) is 8.60. The van der Waals surface area contributed by atoms with Gasteiger partial charge in [-0.15, -0.1) is 0 Å². The molecule has 5 heteroatoms. The van der Waals surface area contributed by atoms with Crippen molar-refractivity contribution in [1.29, 1.82) is 0 Å². The molecule has 1 aliphatic heterocycles. The Morgan fingerprint density at radius 3 is 2.65 bits per heavy atom. The summed E-state index contributed by atoms with van der Waals surface area (Å²) in [5.41, 5.74) is 3.85. The van der Waals surface area contributed by atoms with Crippen molar-refractivity contribution in [2.45, 2.75) is 12.8 Å². The number of nitrogens with one attached hydrogen (secondary N) is 1. The van der Waals surface area contributed by atoms with Crippen molar-refractivity contribution in [3.8, 4) is 0 Å². The van der Waals surface area contributed by atoms with Crippen LogP contribution in [0.1, 0.15) is 22.5 Å². The van der Waals surface area contributed by atoms with Crippen molar-refractivity contribution < 1.29 is 9.18 Å². The predicted molar refractivity (Wildman–Crippen MR) is 100 cm³/mol. The fourth-order valence-electron chi connectivity index (χ4n) is 3.23. The number of carbonyl (C=O) groups is 1. The number of halogens is 1. The molecule has 130 valence electrons. The van der Waals surface area contributed by atoms with Gasteiger partial charge in [-0.1, -0.05) is 30.3 Å². The van der Waals surface area contributed by atoms with Crippen molar-refractivity contribution in [3.05, 3.63) is 83.9 Å². The van der Waals surface area contributed by atoms with Gasteiger partial charge in [-0.2, -0.15) is 0 Å². The highest BCUT2D eigenvalue weighted by molar-refractivity contribution is 6.03. The number of amides is 1. The third kappa shape index (κ3) is 3.16. The lowest BCUT2D eigenvalue weighted by Crippen LogP contribution is -2.24. The minimum Gasteiger partial charge on any atom is -0.340 e. The molecule has 4 nitrogen and oxygen atoms in total. The van der Waals surface area contributed by atoms with E-state index in [1.54, 1.807) is 24.4 Å². The van der Waals surface area contributed by atoms with Crippen LogP contribution < -0.4 is 10.2 Å². The van der Waals surface area contributed by atoms with Gasteiger partial charge in [0.2, 0.25) is 0 Å². The van der Waals surface area contributed by atoms with E-state index in [0.717, 1.165) is 25.1 Å². The summed E-state index contributed by atoms with van der Waals surface area (Å²) in [4.78, 5) is 18.8. The average Bonchev–Trinajstić information content (AvgIpc) is 2.69. The summed E-state index contributed by atoms with van der Waals surface area (Å²) in [6.07, 6.45) is 3.84. The number of benzene rings is 2. The first-order valence-corrected chi connectivity index (χ1v) is 8.60. The third-order valence-corrected chi connectivity index (χ3v) is 4.52. The molecule has 1 N–H and O–H groups in total. The molecular formula is C21H18FN3O. The minimum atomic E-state index is -0.470. The number of rotatable bonds is 3. The molecule has 4 rings (SSSR count). The molecular weight excluding hydrogens is 329 g/mol. The molecule has 0 bridgehead atoms. The summed E-state index contributed by atoms with van der Waals surface area (Å²) >= 11 is 0. The Morgan fingerprint density at radius 2 is 1.85 bits per heavy atom. The van der Waals surface area contributed by atoms with Crippen molar-refractivity contribution in [2.75, 3.05) is 16.8 Å². The molecule has 0 aliphatic carbocycles. The quantitative estimate of drug-likeness (QED) is 0.755. The van der Waals surface area contributed by atoms with E-state index >= 15 is 0 Å². The summed E-state index contributed by atoms with van der Waals surface area (Å²) in [6.45, 7) is 0.916. The van der Waals surface area contributed by atoms with Gasteiger partial charge in [-0.25, -0.2) is 9.37 Å². The number of aryl methyl sites for hydroxylation is 1. The van der Waals surface area contributed by atoms with E-state index in [2.05, 4.69) is 33.4 Å². The molecule has 0 saturated carbocycles. The Morgan fingerprint density at radius 1 is 1.04 bits per heavy atom. The first kappa shape index (κ1) is 16.3. The van der Waals surface area contributed by atoms with Crippen LogP contribution in [-0.4, -0.2) is 17.4 Å². The maximum Gasteiger partial charge on any atom is 0.274 e. The Kier molecular flexibility index (Phi) is 4.35. The molecule has 2 heterocycles. The van der Waals surface area contributed by atoms with E-state index in [9.17, 15) is 9.18 Å². The zero-order chi connectivity index (χ0) is 17.9. The smallest absolute Gasteiger partial charge is 0.274 e. The number of hydrogen-bond acceptors (Lipinski definition) is 3. The van der Waals surface area contributed by atoms with Gasteiger partial charge in [-0.05, 0) is 48.7 Å². The van der Waals surface area contributed by atoms with Gasteiger partial charge >= 0.3 is 0 Å². The number of carbonyl (C=O) groups excluding carboxylic acids is 1. The highest BCUT2D eigenvalue weighted by atomic mass is 19.1. The Hall–Kier alpha value is -3.21. The van der Waals surface area contributed by atoms with Crippen LogP contribution in [0.5, 0.6) is 0 Å². The van der Waals surface area contributed by atoms with Crippen LogP contribution in [0.3, 0.4) is 0 Å². The summed E-state index contributed by atoms with van der Waals surface area (Å²) < 4.78 is 13.7. The molecule has 0 saturated heterocycles. The lowest BCUT2D eigenvalue weighted by Gasteiger charge is -2.31. The number of pyridine rings is 1. The Labute approximate surface area is 151 Å². The van der Waals surface area contributed by atoms with E-state index < -0.39 is 11.7 Å². The standard InChI is InChI=1S/C21H18FN3O/c22-17-8-2-3-9-18(17)24-21(26)19-12-11-16(14-23-19)25-13-5-7-15-6-1-4-10-20(15)25/h1-4,6,8-12,14H,5,7,13H2,(H,24,26). The molecule has 1 amide bonds. The van der Waals surface area contributed by atoms with E-state index in [4.69, 9.17) is 0 Å². The summed E-state index contributed by atoms with van der Waals surface area (Å²) in [7, 11) is 0. The molecule has 1 aliphatic rings. The van der Waals surface area contributed by atoms with Crippen molar-refractivity contribution in [1.82, 2.24) is 4.98 Å². The second kappa shape index (κ2) is 6.96. The van der Waals surface area contributed by atoms with E-state index in [0.29, 0.717) is 0 Å². The van der Waals surface area contributed by atoms with Gasteiger partial charge in [0, 0.05) is 12.2 Å². The molecule has 0 spiro atoms. The van der Waals surface area contributed by atoms with Crippen molar-refractivity contribution >= 4 is 23.0 Å². The monoisotopic (exact) mass is 347 g/mol. The maximum atomic E-state index is 13.7. The highest BCUT2D eigenvalue weighted by Crippen LogP contribution is 2.32. The van der Waals surface area contributed by atoms with E-state index in [-0.39, 0.29) is 11.4 Å². The van der Waals surface area contributed by atoms with Gasteiger partial charge in [-0.3, -0.25) is 4.79 Å². The largest absolute Gasteiger partial charge is 0.340 e.